The maximum Gasteiger partial charge on any atom is 0.337 e. The van der Waals surface area contributed by atoms with E-state index in [1.54, 1.807) is 73.8 Å². The van der Waals surface area contributed by atoms with Gasteiger partial charge in [0.1, 0.15) is 18.2 Å². The van der Waals surface area contributed by atoms with E-state index < -0.39 is 18.2 Å². The highest BCUT2D eigenvalue weighted by Crippen LogP contribution is 2.27. The largest absolute Gasteiger partial charge is 0.473 e. The van der Waals surface area contributed by atoms with Crippen molar-refractivity contribution in [1.29, 1.82) is 0 Å². The maximum atomic E-state index is 15.4. The fraction of sp³-hybridized carbons (Fsp3) is 0.219. The molecule has 10 heteroatoms. The summed E-state index contributed by atoms with van der Waals surface area (Å²) < 4.78 is 59.7. The van der Waals surface area contributed by atoms with Crippen molar-refractivity contribution in [2.75, 3.05) is 20.8 Å². The Bertz CT molecular complexity index is 1720. The monoisotopic (exact) mass is 575 g/mol. The number of rotatable bonds is 11. The minimum Gasteiger partial charge on any atom is -0.473 e. The van der Waals surface area contributed by atoms with Crippen LogP contribution in [0.5, 0.6) is 5.88 Å². The SMILES string of the molecule is COCCn1c(Cc2ccc(-c3cccc(OCc4ccccc4C(F)F)n3)cc2F)nc2ccc(C(=O)OC)cc21. The quantitative estimate of drug-likeness (QED) is 0.162. The summed E-state index contributed by atoms with van der Waals surface area (Å²) in [6, 6.07) is 21.1. The molecule has 7 nitrogen and oxygen atoms in total. The highest BCUT2D eigenvalue weighted by atomic mass is 19.3. The fourth-order valence-electron chi connectivity index (χ4n) is 4.69. The number of methoxy groups -OCH3 is 2. The third kappa shape index (κ3) is 6.28. The molecule has 0 saturated carbocycles. The third-order valence-corrected chi connectivity index (χ3v) is 6.85. The van der Waals surface area contributed by atoms with Crippen molar-refractivity contribution >= 4 is 17.0 Å². The zero-order valence-corrected chi connectivity index (χ0v) is 23.0. The van der Waals surface area contributed by atoms with Crippen LogP contribution in [0.3, 0.4) is 0 Å². The van der Waals surface area contributed by atoms with Crippen LogP contribution in [0.1, 0.15) is 39.3 Å². The summed E-state index contributed by atoms with van der Waals surface area (Å²) in [7, 11) is 2.91. The molecule has 0 N–H and O–H groups in total. The van der Waals surface area contributed by atoms with Crippen LogP contribution in [0.15, 0.2) is 78.9 Å². The Morgan fingerprint density at radius 3 is 2.52 bits per heavy atom. The summed E-state index contributed by atoms with van der Waals surface area (Å²) in [4.78, 5) is 21.2. The fourth-order valence-corrected chi connectivity index (χ4v) is 4.69. The van der Waals surface area contributed by atoms with Crippen LogP contribution >= 0.6 is 0 Å². The van der Waals surface area contributed by atoms with E-state index in [4.69, 9.17) is 19.2 Å². The average molecular weight is 576 g/mol. The molecule has 5 rings (SSSR count). The van der Waals surface area contributed by atoms with Crippen LogP contribution in [0, 0.1) is 5.82 Å². The van der Waals surface area contributed by atoms with Gasteiger partial charge in [-0.2, -0.15) is 0 Å². The molecule has 216 valence electrons. The summed E-state index contributed by atoms with van der Waals surface area (Å²) in [6.45, 7) is 0.792. The minimum atomic E-state index is -2.61. The highest BCUT2D eigenvalue weighted by molar-refractivity contribution is 5.93. The van der Waals surface area contributed by atoms with Crippen molar-refractivity contribution in [1.82, 2.24) is 14.5 Å². The van der Waals surface area contributed by atoms with Crippen LogP contribution in [-0.2, 0) is 29.0 Å². The molecule has 2 heterocycles. The molecule has 0 aliphatic rings. The van der Waals surface area contributed by atoms with Crippen molar-refractivity contribution < 1.29 is 32.2 Å². The predicted molar refractivity (Wildman–Crippen MR) is 151 cm³/mol. The van der Waals surface area contributed by atoms with E-state index in [1.807, 2.05) is 4.57 Å². The summed E-state index contributed by atoms with van der Waals surface area (Å²) >= 11 is 0. The Kier molecular flexibility index (Phi) is 8.83. The van der Waals surface area contributed by atoms with Crippen molar-refractivity contribution in [3.05, 3.63) is 113 Å². The van der Waals surface area contributed by atoms with E-state index >= 15 is 4.39 Å². The van der Waals surface area contributed by atoms with Gasteiger partial charge in [0, 0.05) is 37.3 Å². The predicted octanol–water partition coefficient (Wildman–Crippen LogP) is 6.78. The number of carbonyl (C=O) groups excluding carboxylic acids is 1. The standard InChI is InChI=1S/C32H28F3N3O4/c1-40-15-14-38-28-17-22(32(39)41-2)12-13-27(28)36-29(38)18-20-10-11-21(16-25(20)33)26-8-5-9-30(37-26)42-19-23-6-3-4-7-24(23)31(34)35/h3-13,16-17,31H,14-15,18-19H2,1-2H3. The molecule has 0 aliphatic heterocycles. The van der Waals surface area contributed by atoms with Crippen LogP contribution < -0.4 is 4.74 Å². The number of aromatic nitrogens is 3. The number of benzene rings is 3. The second-order valence-corrected chi connectivity index (χ2v) is 9.50. The van der Waals surface area contributed by atoms with Crippen LogP contribution in [0.2, 0.25) is 0 Å². The van der Waals surface area contributed by atoms with Gasteiger partial charge in [0.15, 0.2) is 0 Å². The van der Waals surface area contributed by atoms with Crippen LogP contribution in [0.25, 0.3) is 22.3 Å². The minimum absolute atomic E-state index is 0.0739. The molecule has 2 aromatic heterocycles. The Morgan fingerprint density at radius 2 is 1.76 bits per heavy atom. The lowest BCUT2D eigenvalue weighted by Gasteiger charge is -2.12. The number of nitrogens with zero attached hydrogens (tertiary/aromatic N) is 3. The second-order valence-electron chi connectivity index (χ2n) is 9.50. The molecule has 3 aromatic carbocycles. The zero-order chi connectivity index (χ0) is 29.6. The van der Waals surface area contributed by atoms with Gasteiger partial charge in [-0.1, -0.05) is 42.5 Å². The average Bonchev–Trinajstić information content (AvgIpc) is 3.35. The lowest BCUT2D eigenvalue weighted by Crippen LogP contribution is -2.10. The first-order valence-electron chi connectivity index (χ1n) is 13.2. The van der Waals surface area contributed by atoms with Gasteiger partial charge in [-0.3, -0.25) is 0 Å². The number of hydrogen-bond acceptors (Lipinski definition) is 6. The normalized spacial score (nSPS) is 11.3. The first-order chi connectivity index (χ1) is 20.4. The Labute approximate surface area is 240 Å². The molecule has 42 heavy (non-hydrogen) atoms. The number of hydrogen-bond donors (Lipinski definition) is 0. The molecule has 0 spiro atoms. The van der Waals surface area contributed by atoms with Gasteiger partial charge >= 0.3 is 5.97 Å². The number of fused-ring (bicyclic) bond motifs is 1. The molecule has 0 aliphatic carbocycles. The Hall–Kier alpha value is -4.70. The topological polar surface area (TPSA) is 75.5 Å². The van der Waals surface area contributed by atoms with Gasteiger partial charge in [-0.15, -0.1) is 0 Å². The van der Waals surface area contributed by atoms with Crippen molar-refractivity contribution in [2.24, 2.45) is 0 Å². The van der Waals surface area contributed by atoms with E-state index in [9.17, 15) is 13.6 Å². The Morgan fingerprint density at radius 1 is 0.929 bits per heavy atom. The zero-order valence-electron chi connectivity index (χ0n) is 23.0. The van der Waals surface area contributed by atoms with Gasteiger partial charge in [0.05, 0.1) is 36.0 Å². The van der Waals surface area contributed by atoms with Crippen molar-refractivity contribution in [3.63, 3.8) is 0 Å². The summed E-state index contributed by atoms with van der Waals surface area (Å²) in [5, 5.41) is 0. The Balaban J connectivity index is 1.37. The molecule has 5 aromatic rings. The summed E-state index contributed by atoms with van der Waals surface area (Å²) in [5.74, 6) is -0.0414. The van der Waals surface area contributed by atoms with E-state index in [1.165, 1.54) is 19.2 Å². The number of halogens is 3. The first-order valence-corrected chi connectivity index (χ1v) is 13.2. The molecule has 0 fully saturated rings. The van der Waals surface area contributed by atoms with Gasteiger partial charge < -0.3 is 18.8 Å². The van der Waals surface area contributed by atoms with Crippen LogP contribution in [0.4, 0.5) is 13.2 Å². The van der Waals surface area contributed by atoms with E-state index in [-0.39, 0.29) is 24.5 Å². The number of ether oxygens (including phenoxy) is 3. The van der Waals surface area contributed by atoms with E-state index in [0.29, 0.717) is 52.4 Å². The summed E-state index contributed by atoms with van der Waals surface area (Å²) in [5.41, 5.74) is 3.49. The summed E-state index contributed by atoms with van der Waals surface area (Å²) in [6.07, 6.45) is -2.41. The molecule has 0 unspecified atom stereocenters. The smallest absolute Gasteiger partial charge is 0.337 e. The molecular formula is C32H28F3N3O4. The number of alkyl halides is 2. The van der Waals surface area contributed by atoms with Crippen LogP contribution in [-0.4, -0.2) is 41.3 Å². The highest BCUT2D eigenvalue weighted by Gasteiger charge is 2.17. The molecule has 0 radical (unpaired) electrons. The second kappa shape index (κ2) is 12.9. The molecule has 0 saturated heterocycles. The molecule has 0 atom stereocenters. The molecule has 0 amide bonds. The molecular weight excluding hydrogens is 547 g/mol. The van der Waals surface area contributed by atoms with E-state index in [0.717, 1.165) is 5.52 Å². The van der Waals surface area contributed by atoms with Gasteiger partial charge in [-0.05, 0) is 41.5 Å². The van der Waals surface area contributed by atoms with Crippen molar-refractivity contribution in [3.8, 4) is 17.1 Å². The third-order valence-electron chi connectivity index (χ3n) is 6.85. The van der Waals surface area contributed by atoms with Gasteiger partial charge in [-0.25, -0.2) is 27.9 Å². The lowest BCUT2D eigenvalue weighted by atomic mass is 10.1. The number of carbonyl (C=O) groups is 1. The van der Waals surface area contributed by atoms with E-state index in [2.05, 4.69) is 4.98 Å². The first kappa shape index (κ1) is 28.8. The molecule has 0 bridgehead atoms. The maximum absolute atomic E-state index is 15.4. The van der Waals surface area contributed by atoms with Gasteiger partial charge in [0.2, 0.25) is 5.88 Å². The number of pyridine rings is 1. The van der Waals surface area contributed by atoms with Gasteiger partial charge in [0.25, 0.3) is 6.43 Å². The number of imidazole rings is 1. The van der Waals surface area contributed by atoms with Crippen molar-refractivity contribution in [2.45, 2.75) is 26.0 Å². The number of esters is 1. The lowest BCUT2D eigenvalue weighted by molar-refractivity contribution is 0.0601.